The van der Waals surface area contributed by atoms with Gasteiger partial charge in [0.05, 0.1) is 11.4 Å². The largest absolute Gasteiger partial charge is 0.341 e. The number of carbonyl (C=O) groups excluding carboxylic acids is 2. The van der Waals surface area contributed by atoms with Gasteiger partial charge in [-0.15, -0.1) is 0 Å². The third-order valence-electron chi connectivity index (χ3n) is 6.93. The van der Waals surface area contributed by atoms with Crippen LogP contribution in [0.15, 0.2) is 65.8 Å². The van der Waals surface area contributed by atoms with Crippen LogP contribution in [0.25, 0.3) is 10.8 Å². The van der Waals surface area contributed by atoms with Gasteiger partial charge in [0.2, 0.25) is 21.8 Å². The molecular formula is C26H27ClN4O4S. The molecule has 0 aliphatic carbocycles. The lowest BCUT2D eigenvalue weighted by Gasteiger charge is -2.33. The molecule has 2 unspecified atom stereocenters. The minimum absolute atomic E-state index is 0.0481. The van der Waals surface area contributed by atoms with E-state index in [0.29, 0.717) is 37.5 Å². The van der Waals surface area contributed by atoms with E-state index in [9.17, 15) is 18.0 Å². The maximum atomic E-state index is 13.1. The van der Waals surface area contributed by atoms with Gasteiger partial charge in [0.15, 0.2) is 0 Å². The highest BCUT2D eigenvalue weighted by Crippen LogP contribution is 2.27. The van der Waals surface area contributed by atoms with Crippen molar-refractivity contribution < 1.29 is 18.0 Å². The molecule has 2 aromatic carbocycles. The summed E-state index contributed by atoms with van der Waals surface area (Å²) >= 11 is 6.02. The molecule has 2 aliphatic heterocycles. The van der Waals surface area contributed by atoms with Crippen LogP contribution in [-0.4, -0.2) is 67.2 Å². The van der Waals surface area contributed by atoms with Crippen molar-refractivity contribution in [2.24, 2.45) is 0 Å². The molecule has 3 aromatic rings. The molecule has 10 heteroatoms. The fraction of sp³-hybridized carbons (Fsp3) is 0.346. The van der Waals surface area contributed by atoms with Crippen LogP contribution in [0.4, 0.5) is 0 Å². The number of hydrogen-bond donors (Lipinski definition) is 1. The molecule has 2 atom stereocenters. The molecule has 0 radical (unpaired) electrons. The molecule has 2 aliphatic rings. The zero-order valence-electron chi connectivity index (χ0n) is 19.6. The Balaban J connectivity index is 1.23. The first kappa shape index (κ1) is 24.7. The topological polar surface area (TPSA) is 99.7 Å². The average Bonchev–Trinajstić information content (AvgIpc) is 3.37. The molecule has 2 saturated heterocycles. The Morgan fingerprint density at radius 2 is 1.89 bits per heavy atom. The van der Waals surface area contributed by atoms with Gasteiger partial charge in [0.25, 0.3) is 0 Å². The second-order valence-electron chi connectivity index (χ2n) is 9.34. The summed E-state index contributed by atoms with van der Waals surface area (Å²) in [6, 6.07) is 13.0. The van der Waals surface area contributed by atoms with E-state index < -0.39 is 16.1 Å². The summed E-state index contributed by atoms with van der Waals surface area (Å²) in [4.78, 5) is 33.6. The Kier molecular flexibility index (Phi) is 6.96. The number of likely N-dealkylation sites (tertiary alicyclic amines) is 2. The number of nitrogens with zero attached hydrogens (tertiary/aromatic N) is 3. The van der Waals surface area contributed by atoms with Crippen molar-refractivity contribution in [2.45, 2.75) is 36.1 Å². The number of sulfonamides is 1. The lowest BCUT2D eigenvalue weighted by atomic mass is 10.0. The highest BCUT2D eigenvalue weighted by Gasteiger charge is 2.35. The molecular weight excluding hydrogens is 500 g/mol. The number of aromatic nitrogens is 1. The van der Waals surface area contributed by atoms with Crippen LogP contribution in [0, 0.1) is 0 Å². The predicted molar refractivity (Wildman–Crippen MR) is 137 cm³/mol. The number of amides is 2. The lowest BCUT2D eigenvalue weighted by Crippen LogP contribution is -2.54. The average molecular weight is 527 g/mol. The summed E-state index contributed by atoms with van der Waals surface area (Å²) in [6.07, 6.45) is 5.41. The third-order valence-corrected chi connectivity index (χ3v) is 8.64. The maximum absolute atomic E-state index is 13.1. The molecule has 1 aromatic heterocycles. The second-order valence-corrected chi connectivity index (χ2v) is 11.5. The predicted octanol–water partition coefficient (Wildman–Crippen LogP) is 3.17. The highest BCUT2D eigenvalue weighted by atomic mass is 35.5. The maximum Gasteiger partial charge on any atom is 0.242 e. The van der Waals surface area contributed by atoms with E-state index in [2.05, 4.69) is 9.71 Å². The standard InChI is InChI=1S/C26H27ClN4O4S/c27-22-7-5-19-14-23(8-6-18(19)13-22)36(34,35)29-24-4-2-11-31(26(24)33)17-25(32)30-12-9-21(16-30)20-3-1-10-28-15-20/h1,3,5-8,10,13-15,21,24,29H,2,4,9,11-12,16-17H2. The van der Waals surface area contributed by atoms with Gasteiger partial charge >= 0.3 is 0 Å². The zero-order chi connectivity index (χ0) is 25.3. The normalized spacial score (nSPS) is 20.8. The van der Waals surface area contributed by atoms with Crippen molar-refractivity contribution in [2.75, 3.05) is 26.2 Å². The summed E-state index contributed by atoms with van der Waals surface area (Å²) in [5.41, 5.74) is 1.10. The lowest BCUT2D eigenvalue weighted by molar-refractivity contribution is -0.142. The Morgan fingerprint density at radius 3 is 2.69 bits per heavy atom. The molecule has 1 N–H and O–H groups in total. The van der Waals surface area contributed by atoms with Crippen LogP contribution in [-0.2, 0) is 19.6 Å². The molecule has 0 spiro atoms. The highest BCUT2D eigenvalue weighted by molar-refractivity contribution is 7.89. The number of pyridine rings is 1. The molecule has 3 heterocycles. The molecule has 0 saturated carbocycles. The zero-order valence-corrected chi connectivity index (χ0v) is 21.2. The van der Waals surface area contributed by atoms with Gasteiger partial charge in [-0.05, 0) is 65.9 Å². The van der Waals surface area contributed by atoms with Crippen LogP contribution in [0.1, 0.15) is 30.7 Å². The monoisotopic (exact) mass is 526 g/mol. The van der Waals surface area contributed by atoms with Crippen LogP contribution < -0.4 is 4.72 Å². The number of benzene rings is 2. The Hall–Kier alpha value is -3.01. The minimum atomic E-state index is -3.93. The van der Waals surface area contributed by atoms with E-state index >= 15 is 0 Å². The summed E-state index contributed by atoms with van der Waals surface area (Å²) in [7, 11) is -3.93. The fourth-order valence-electron chi connectivity index (χ4n) is 4.96. The van der Waals surface area contributed by atoms with Gasteiger partial charge in [-0.2, -0.15) is 4.72 Å². The van der Waals surface area contributed by atoms with Crippen molar-refractivity contribution in [3.63, 3.8) is 0 Å². The van der Waals surface area contributed by atoms with Crippen molar-refractivity contribution >= 4 is 44.2 Å². The number of rotatable bonds is 6. The SMILES string of the molecule is O=C(CN1CCCC(NS(=O)(=O)c2ccc3cc(Cl)ccc3c2)C1=O)N1CCC(c2cccnc2)C1. The number of halogens is 1. The molecule has 0 bridgehead atoms. The molecule has 36 heavy (non-hydrogen) atoms. The first-order chi connectivity index (χ1) is 17.3. The molecule has 2 amide bonds. The van der Waals surface area contributed by atoms with Crippen LogP contribution >= 0.6 is 11.6 Å². The van der Waals surface area contributed by atoms with Crippen molar-refractivity contribution in [3.8, 4) is 0 Å². The van der Waals surface area contributed by atoms with E-state index in [0.717, 1.165) is 22.8 Å². The molecule has 8 nitrogen and oxygen atoms in total. The van der Waals surface area contributed by atoms with Crippen molar-refractivity contribution in [1.82, 2.24) is 19.5 Å². The quantitative estimate of drug-likeness (QED) is 0.532. The Labute approximate surface area is 215 Å². The van der Waals surface area contributed by atoms with E-state index in [1.54, 1.807) is 41.4 Å². The summed E-state index contributed by atoms with van der Waals surface area (Å²) in [5.74, 6) is -0.252. The summed E-state index contributed by atoms with van der Waals surface area (Å²) < 4.78 is 28.7. The first-order valence-electron chi connectivity index (χ1n) is 12.0. The van der Waals surface area contributed by atoms with E-state index in [1.807, 2.05) is 18.3 Å². The minimum Gasteiger partial charge on any atom is -0.341 e. The van der Waals surface area contributed by atoms with E-state index in [1.165, 1.54) is 11.0 Å². The van der Waals surface area contributed by atoms with Gasteiger partial charge in [0, 0.05) is 43.0 Å². The van der Waals surface area contributed by atoms with Gasteiger partial charge in [-0.25, -0.2) is 8.42 Å². The van der Waals surface area contributed by atoms with Gasteiger partial charge in [-0.3, -0.25) is 14.6 Å². The van der Waals surface area contributed by atoms with E-state index in [-0.39, 0.29) is 29.2 Å². The summed E-state index contributed by atoms with van der Waals surface area (Å²) in [5, 5.41) is 2.13. The Morgan fingerprint density at radius 1 is 1.08 bits per heavy atom. The van der Waals surface area contributed by atoms with Gasteiger partial charge in [0.1, 0.15) is 6.04 Å². The smallest absolute Gasteiger partial charge is 0.242 e. The number of nitrogens with one attached hydrogen (secondary N) is 1. The first-order valence-corrected chi connectivity index (χ1v) is 13.8. The summed E-state index contributed by atoms with van der Waals surface area (Å²) in [6.45, 7) is 1.60. The van der Waals surface area contributed by atoms with Crippen LogP contribution in [0.2, 0.25) is 5.02 Å². The molecule has 2 fully saturated rings. The molecule has 5 rings (SSSR count). The van der Waals surface area contributed by atoms with Crippen LogP contribution in [0.3, 0.4) is 0 Å². The fourth-order valence-corrected chi connectivity index (χ4v) is 6.40. The van der Waals surface area contributed by atoms with Gasteiger partial charge in [-0.1, -0.05) is 29.8 Å². The second kappa shape index (κ2) is 10.2. The van der Waals surface area contributed by atoms with Crippen molar-refractivity contribution in [1.29, 1.82) is 0 Å². The molecule has 188 valence electrons. The third kappa shape index (κ3) is 5.23. The number of hydrogen-bond acceptors (Lipinski definition) is 5. The Bertz CT molecular complexity index is 1400. The van der Waals surface area contributed by atoms with E-state index in [4.69, 9.17) is 11.6 Å². The number of piperidine rings is 1. The van der Waals surface area contributed by atoms with Crippen molar-refractivity contribution in [3.05, 3.63) is 71.5 Å². The van der Waals surface area contributed by atoms with Gasteiger partial charge < -0.3 is 9.80 Å². The van der Waals surface area contributed by atoms with Crippen LogP contribution in [0.5, 0.6) is 0 Å². The number of fused-ring (bicyclic) bond motifs is 1. The number of carbonyl (C=O) groups is 2.